The van der Waals surface area contributed by atoms with E-state index in [1.54, 1.807) is 12.1 Å². The van der Waals surface area contributed by atoms with Crippen LogP contribution in [0.5, 0.6) is 0 Å². The second-order valence-corrected chi connectivity index (χ2v) is 5.24. The monoisotopic (exact) mass is 277 g/mol. The lowest BCUT2D eigenvalue weighted by Crippen LogP contribution is -2.15. The molecule has 0 spiro atoms. The summed E-state index contributed by atoms with van der Waals surface area (Å²) in [4.78, 5) is 0. The van der Waals surface area contributed by atoms with E-state index in [4.69, 9.17) is 17.3 Å². The van der Waals surface area contributed by atoms with Crippen molar-refractivity contribution in [1.82, 2.24) is 0 Å². The Balaban J connectivity index is 2.28. The maximum absolute atomic E-state index is 13.3. The van der Waals surface area contributed by atoms with Crippen LogP contribution >= 0.6 is 11.6 Å². The van der Waals surface area contributed by atoms with E-state index in [0.717, 1.165) is 22.3 Å². The first-order valence-corrected chi connectivity index (χ1v) is 6.62. The maximum Gasteiger partial charge on any atom is 0.123 e. The molecule has 1 unspecified atom stereocenters. The van der Waals surface area contributed by atoms with Crippen LogP contribution in [0, 0.1) is 19.7 Å². The van der Waals surface area contributed by atoms with E-state index < -0.39 is 0 Å². The molecule has 0 fully saturated rings. The minimum absolute atomic E-state index is 0.181. The molecule has 0 aliphatic carbocycles. The maximum atomic E-state index is 13.3. The highest BCUT2D eigenvalue weighted by atomic mass is 35.5. The van der Waals surface area contributed by atoms with Crippen LogP contribution in [0.15, 0.2) is 36.4 Å². The number of hydrogen-bond donors (Lipinski definition) is 1. The average molecular weight is 278 g/mol. The van der Waals surface area contributed by atoms with Gasteiger partial charge in [-0.3, -0.25) is 0 Å². The summed E-state index contributed by atoms with van der Waals surface area (Å²) in [5, 5.41) is 0.712. The molecule has 2 N–H and O–H groups in total. The smallest absolute Gasteiger partial charge is 0.123 e. The van der Waals surface area contributed by atoms with Gasteiger partial charge in [0.2, 0.25) is 0 Å². The quantitative estimate of drug-likeness (QED) is 0.887. The zero-order valence-corrected chi connectivity index (χ0v) is 11.8. The Morgan fingerprint density at radius 3 is 2.68 bits per heavy atom. The molecule has 100 valence electrons. The molecule has 0 bridgehead atoms. The number of aryl methyl sites for hydroxylation is 1. The Kier molecular flexibility index (Phi) is 4.23. The summed E-state index contributed by atoms with van der Waals surface area (Å²) in [6.45, 7) is 3.92. The zero-order chi connectivity index (χ0) is 14.0. The molecule has 3 heteroatoms. The second kappa shape index (κ2) is 5.72. The molecule has 1 atom stereocenters. The molecule has 0 aliphatic heterocycles. The highest BCUT2D eigenvalue weighted by Crippen LogP contribution is 2.26. The van der Waals surface area contributed by atoms with Gasteiger partial charge in [0.05, 0.1) is 0 Å². The fourth-order valence-electron chi connectivity index (χ4n) is 2.23. The lowest BCUT2D eigenvalue weighted by atomic mass is 9.94. The molecular formula is C16H17ClFN. The Morgan fingerprint density at radius 2 is 1.95 bits per heavy atom. The topological polar surface area (TPSA) is 26.0 Å². The van der Waals surface area contributed by atoms with Gasteiger partial charge < -0.3 is 5.73 Å². The van der Waals surface area contributed by atoms with Crippen molar-refractivity contribution in [3.8, 4) is 0 Å². The van der Waals surface area contributed by atoms with Crippen molar-refractivity contribution < 1.29 is 4.39 Å². The molecule has 2 aromatic carbocycles. The van der Waals surface area contributed by atoms with Gasteiger partial charge in [-0.05, 0) is 60.7 Å². The van der Waals surface area contributed by atoms with Crippen molar-refractivity contribution in [2.75, 3.05) is 0 Å². The zero-order valence-electron chi connectivity index (χ0n) is 11.1. The van der Waals surface area contributed by atoms with Crippen LogP contribution in [-0.4, -0.2) is 0 Å². The molecule has 1 nitrogen and oxygen atoms in total. The van der Waals surface area contributed by atoms with Crippen LogP contribution in [0.3, 0.4) is 0 Å². The number of halogens is 2. The fourth-order valence-corrected chi connectivity index (χ4v) is 2.41. The van der Waals surface area contributed by atoms with E-state index in [1.807, 2.05) is 32.0 Å². The van der Waals surface area contributed by atoms with E-state index in [-0.39, 0.29) is 11.9 Å². The molecule has 0 amide bonds. The van der Waals surface area contributed by atoms with E-state index in [9.17, 15) is 4.39 Å². The van der Waals surface area contributed by atoms with Gasteiger partial charge >= 0.3 is 0 Å². The van der Waals surface area contributed by atoms with Crippen molar-refractivity contribution in [2.45, 2.75) is 26.3 Å². The predicted octanol–water partition coefficient (Wildman–Crippen LogP) is 4.34. The van der Waals surface area contributed by atoms with Crippen molar-refractivity contribution in [1.29, 1.82) is 0 Å². The van der Waals surface area contributed by atoms with Crippen molar-refractivity contribution in [3.05, 3.63) is 69.5 Å². The average Bonchev–Trinajstić information content (AvgIpc) is 2.37. The number of hydrogen-bond acceptors (Lipinski definition) is 1. The molecule has 0 aliphatic rings. The first-order valence-electron chi connectivity index (χ1n) is 6.24. The van der Waals surface area contributed by atoms with Gasteiger partial charge in [-0.2, -0.15) is 0 Å². The summed E-state index contributed by atoms with van der Waals surface area (Å²) in [6, 6.07) is 10.3. The van der Waals surface area contributed by atoms with E-state index in [0.29, 0.717) is 11.4 Å². The second-order valence-electron chi connectivity index (χ2n) is 4.84. The summed E-state index contributed by atoms with van der Waals surface area (Å²) >= 11 is 6.10. The van der Waals surface area contributed by atoms with Gasteiger partial charge in [0.1, 0.15) is 5.82 Å². The third-order valence-electron chi connectivity index (χ3n) is 3.46. The first-order chi connectivity index (χ1) is 8.99. The summed E-state index contributed by atoms with van der Waals surface area (Å²) in [5.74, 6) is -0.226. The molecule has 19 heavy (non-hydrogen) atoms. The number of nitrogens with two attached hydrogens (primary N) is 1. The van der Waals surface area contributed by atoms with Crippen molar-refractivity contribution >= 4 is 11.6 Å². The van der Waals surface area contributed by atoms with Gasteiger partial charge in [-0.15, -0.1) is 0 Å². The summed E-state index contributed by atoms with van der Waals surface area (Å²) < 4.78 is 13.3. The number of rotatable bonds is 3. The van der Waals surface area contributed by atoms with E-state index in [2.05, 4.69) is 0 Å². The lowest BCUT2D eigenvalue weighted by Gasteiger charge is -2.17. The highest BCUT2D eigenvalue weighted by molar-refractivity contribution is 6.31. The number of benzene rings is 2. The minimum Gasteiger partial charge on any atom is -0.324 e. The Hall–Kier alpha value is -1.38. The van der Waals surface area contributed by atoms with Gasteiger partial charge in [0.15, 0.2) is 0 Å². The van der Waals surface area contributed by atoms with Crippen LogP contribution in [0.2, 0.25) is 5.02 Å². The first kappa shape index (κ1) is 14.0. The predicted molar refractivity (Wildman–Crippen MR) is 78.0 cm³/mol. The van der Waals surface area contributed by atoms with Gasteiger partial charge in [-0.1, -0.05) is 29.8 Å². The Labute approximate surface area is 118 Å². The third-order valence-corrected chi connectivity index (χ3v) is 3.87. The van der Waals surface area contributed by atoms with E-state index in [1.165, 1.54) is 6.07 Å². The van der Waals surface area contributed by atoms with Crippen LogP contribution in [0.25, 0.3) is 0 Å². The van der Waals surface area contributed by atoms with Crippen molar-refractivity contribution in [3.63, 3.8) is 0 Å². The molecule has 0 radical (unpaired) electrons. The summed E-state index contributed by atoms with van der Waals surface area (Å²) in [5.41, 5.74) is 10.2. The van der Waals surface area contributed by atoms with Gasteiger partial charge in [0.25, 0.3) is 0 Å². The molecular weight excluding hydrogens is 261 g/mol. The largest absolute Gasteiger partial charge is 0.324 e. The van der Waals surface area contributed by atoms with Gasteiger partial charge in [0, 0.05) is 11.1 Å². The highest BCUT2D eigenvalue weighted by Gasteiger charge is 2.13. The summed E-state index contributed by atoms with van der Waals surface area (Å²) in [7, 11) is 0. The SMILES string of the molecule is Cc1ccc(F)cc1CC(N)c1cccc(Cl)c1C. The van der Waals surface area contributed by atoms with Gasteiger partial charge in [-0.25, -0.2) is 4.39 Å². The standard InChI is InChI=1S/C16H17ClFN/c1-10-6-7-13(18)8-12(10)9-16(19)14-4-3-5-15(17)11(14)2/h3-8,16H,9,19H2,1-2H3. The van der Waals surface area contributed by atoms with Crippen molar-refractivity contribution in [2.24, 2.45) is 5.73 Å². The molecule has 0 saturated carbocycles. The normalized spacial score (nSPS) is 12.5. The minimum atomic E-state index is -0.226. The molecule has 2 rings (SSSR count). The Bertz CT molecular complexity index is 595. The van der Waals surface area contributed by atoms with E-state index >= 15 is 0 Å². The Morgan fingerprint density at radius 1 is 1.21 bits per heavy atom. The summed E-state index contributed by atoms with van der Waals surface area (Å²) in [6.07, 6.45) is 0.602. The molecule has 0 saturated heterocycles. The van der Waals surface area contributed by atoms with Crippen LogP contribution in [-0.2, 0) is 6.42 Å². The molecule has 2 aromatic rings. The fraction of sp³-hybridized carbons (Fsp3) is 0.250. The van der Waals surface area contributed by atoms with Crippen LogP contribution in [0.1, 0.15) is 28.3 Å². The third kappa shape index (κ3) is 3.14. The lowest BCUT2D eigenvalue weighted by molar-refractivity contribution is 0.620. The van der Waals surface area contributed by atoms with Crippen LogP contribution in [0.4, 0.5) is 4.39 Å². The van der Waals surface area contributed by atoms with Crippen LogP contribution < -0.4 is 5.73 Å². The molecule has 0 aromatic heterocycles. The molecule has 0 heterocycles.